The van der Waals surface area contributed by atoms with Crippen LogP contribution in [0.4, 0.5) is 0 Å². The molecule has 0 spiro atoms. The summed E-state index contributed by atoms with van der Waals surface area (Å²) in [5.74, 6) is -0.115. The van der Waals surface area contributed by atoms with Gasteiger partial charge in [-0.2, -0.15) is 4.31 Å². The molecule has 2 rings (SSSR count). The van der Waals surface area contributed by atoms with E-state index in [1.165, 1.54) is 7.05 Å². The normalized spacial score (nSPS) is 21.7. The zero-order valence-corrected chi connectivity index (χ0v) is 14.3. The number of likely N-dealkylation sites (N-methyl/N-ethyl adjacent to an activating group) is 1. The van der Waals surface area contributed by atoms with Crippen molar-refractivity contribution >= 4 is 28.3 Å². The van der Waals surface area contributed by atoms with Crippen LogP contribution in [0, 0.1) is 0 Å². The Kier molecular flexibility index (Phi) is 6.37. The number of rotatable bonds is 4. The van der Waals surface area contributed by atoms with Gasteiger partial charge in [0.05, 0.1) is 12.8 Å². The third kappa shape index (κ3) is 4.42. The SMILES string of the molecule is CN(CC(=O)N1C[C@@H](N)[C@H](c2ccccc2)C1)S(C)(=O)=O.Cl. The molecule has 124 valence electrons. The Balaban J connectivity index is 0.00000242. The van der Waals surface area contributed by atoms with Crippen LogP contribution in [0.1, 0.15) is 11.5 Å². The highest BCUT2D eigenvalue weighted by molar-refractivity contribution is 7.88. The van der Waals surface area contributed by atoms with E-state index in [-0.39, 0.29) is 36.8 Å². The van der Waals surface area contributed by atoms with E-state index < -0.39 is 10.0 Å². The third-order valence-electron chi connectivity index (χ3n) is 3.87. The third-order valence-corrected chi connectivity index (χ3v) is 5.13. The van der Waals surface area contributed by atoms with E-state index in [0.717, 1.165) is 16.1 Å². The van der Waals surface area contributed by atoms with Crippen LogP contribution in [-0.2, 0) is 14.8 Å². The van der Waals surface area contributed by atoms with Crippen molar-refractivity contribution in [2.24, 2.45) is 5.73 Å². The van der Waals surface area contributed by atoms with Gasteiger partial charge >= 0.3 is 0 Å². The fraction of sp³-hybridized carbons (Fsp3) is 0.500. The molecule has 2 N–H and O–H groups in total. The molecule has 1 aliphatic heterocycles. The van der Waals surface area contributed by atoms with Crippen molar-refractivity contribution in [3.8, 4) is 0 Å². The number of benzene rings is 1. The van der Waals surface area contributed by atoms with Gasteiger partial charge in [-0.1, -0.05) is 30.3 Å². The molecule has 1 fully saturated rings. The summed E-state index contributed by atoms with van der Waals surface area (Å²) in [6, 6.07) is 9.71. The molecule has 2 atom stereocenters. The number of amides is 1. The first kappa shape index (κ1) is 18.9. The van der Waals surface area contributed by atoms with Gasteiger partial charge in [-0.05, 0) is 5.56 Å². The standard InChI is InChI=1S/C14H21N3O3S.ClH/c1-16(21(2,19)20)10-14(18)17-8-12(13(15)9-17)11-6-4-3-5-7-11;/h3-7,12-13H,8-10,15H2,1-2H3;1H/t12-,13+;/m0./s1. The summed E-state index contributed by atoms with van der Waals surface area (Å²) >= 11 is 0. The van der Waals surface area contributed by atoms with Gasteiger partial charge in [0, 0.05) is 32.1 Å². The lowest BCUT2D eigenvalue weighted by Crippen LogP contribution is -2.40. The molecule has 1 amide bonds. The van der Waals surface area contributed by atoms with Crippen LogP contribution < -0.4 is 5.73 Å². The summed E-state index contributed by atoms with van der Waals surface area (Å²) < 4.78 is 23.8. The maximum absolute atomic E-state index is 12.2. The van der Waals surface area contributed by atoms with Gasteiger partial charge in [0.25, 0.3) is 0 Å². The number of halogens is 1. The smallest absolute Gasteiger partial charge is 0.237 e. The predicted octanol–water partition coefficient (Wildman–Crippen LogP) is 0.253. The van der Waals surface area contributed by atoms with Gasteiger partial charge in [0.15, 0.2) is 0 Å². The summed E-state index contributed by atoms with van der Waals surface area (Å²) in [6.07, 6.45) is 1.09. The van der Waals surface area contributed by atoms with Crippen molar-refractivity contribution in [2.75, 3.05) is 32.9 Å². The van der Waals surface area contributed by atoms with Crippen LogP contribution in [0.25, 0.3) is 0 Å². The molecule has 0 aliphatic carbocycles. The molecule has 1 saturated heterocycles. The number of hydrogen-bond acceptors (Lipinski definition) is 4. The first-order valence-corrected chi connectivity index (χ1v) is 8.63. The molecule has 1 heterocycles. The average Bonchev–Trinajstić information content (AvgIpc) is 2.81. The molecule has 0 bridgehead atoms. The summed E-state index contributed by atoms with van der Waals surface area (Å²) in [6.45, 7) is 0.838. The number of carbonyl (C=O) groups excluding carboxylic acids is 1. The van der Waals surface area contributed by atoms with Crippen molar-refractivity contribution in [1.82, 2.24) is 9.21 Å². The lowest BCUT2D eigenvalue weighted by Gasteiger charge is -2.20. The maximum Gasteiger partial charge on any atom is 0.237 e. The van der Waals surface area contributed by atoms with Crippen molar-refractivity contribution in [1.29, 1.82) is 0 Å². The Bertz CT molecular complexity index is 609. The summed E-state index contributed by atoms with van der Waals surface area (Å²) in [4.78, 5) is 13.8. The van der Waals surface area contributed by atoms with Gasteiger partial charge in [-0.15, -0.1) is 12.4 Å². The first-order chi connectivity index (χ1) is 9.79. The molecule has 6 nitrogen and oxygen atoms in total. The fourth-order valence-electron chi connectivity index (χ4n) is 2.49. The predicted molar refractivity (Wildman–Crippen MR) is 88.5 cm³/mol. The fourth-order valence-corrected chi connectivity index (χ4v) is 2.84. The molecule has 1 aromatic carbocycles. The first-order valence-electron chi connectivity index (χ1n) is 6.78. The number of likely N-dealkylation sites (tertiary alicyclic amines) is 1. The minimum atomic E-state index is -3.35. The zero-order valence-electron chi connectivity index (χ0n) is 12.7. The van der Waals surface area contributed by atoms with Gasteiger partial charge in [0.1, 0.15) is 0 Å². The number of hydrogen-bond donors (Lipinski definition) is 1. The molecule has 0 radical (unpaired) electrons. The van der Waals surface area contributed by atoms with Crippen LogP contribution in [0.5, 0.6) is 0 Å². The van der Waals surface area contributed by atoms with E-state index in [1.807, 2.05) is 30.3 Å². The van der Waals surface area contributed by atoms with E-state index >= 15 is 0 Å². The lowest BCUT2D eigenvalue weighted by molar-refractivity contribution is -0.130. The van der Waals surface area contributed by atoms with Crippen LogP contribution in [0.2, 0.25) is 0 Å². The van der Waals surface area contributed by atoms with Crippen molar-refractivity contribution < 1.29 is 13.2 Å². The molecule has 22 heavy (non-hydrogen) atoms. The van der Waals surface area contributed by atoms with E-state index in [0.29, 0.717) is 13.1 Å². The van der Waals surface area contributed by atoms with E-state index in [4.69, 9.17) is 5.73 Å². The minimum Gasteiger partial charge on any atom is -0.339 e. The summed E-state index contributed by atoms with van der Waals surface area (Å²) in [5, 5.41) is 0. The number of nitrogens with zero attached hydrogens (tertiary/aromatic N) is 2. The lowest BCUT2D eigenvalue weighted by atomic mass is 9.95. The molecule has 0 aromatic heterocycles. The maximum atomic E-state index is 12.2. The van der Waals surface area contributed by atoms with Crippen LogP contribution in [0.3, 0.4) is 0 Å². The van der Waals surface area contributed by atoms with E-state index in [2.05, 4.69) is 0 Å². The summed E-state index contributed by atoms with van der Waals surface area (Å²) in [7, 11) is -1.95. The Morgan fingerprint density at radius 1 is 1.32 bits per heavy atom. The largest absolute Gasteiger partial charge is 0.339 e. The van der Waals surface area contributed by atoms with Crippen molar-refractivity contribution in [3.05, 3.63) is 35.9 Å². The van der Waals surface area contributed by atoms with Crippen LogP contribution in [-0.4, -0.2) is 62.5 Å². The summed E-state index contributed by atoms with van der Waals surface area (Å²) in [5.41, 5.74) is 7.24. The van der Waals surface area contributed by atoms with Crippen molar-refractivity contribution in [3.63, 3.8) is 0 Å². The average molecular weight is 348 g/mol. The quantitative estimate of drug-likeness (QED) is 0.846. The highest BCUT2D eigenvalue weighted by Gasteiger charge is 2.34. The van der Waals surface area contributed by atoms with Crippen LogP contribution in [0.15, 0.2) is 30.3 Å². The molecule has 0 saturated carbocycles. The Morgan fingerprint density at radius 2 is 1.91 bits per heavy atom. The molecule has 1 aromatic rings. The number of nitrogens with two attached hydrogens (primary N) is 1. The topological polar surface area (TPSA) is 83.7 Å². The van der Waals surface area contributed by atoms with Gasteiger partial charge in [-0.3, -0.25) is 4.79 Å². The van der Waals surface area contributed by atoms with Crippen LogP contribution >= 0.6 is 12.4 Å². The Hall–Kier alpha value is -1.15. The Morgan fingerprint density at radius 3 is 2.45 bits per heavy atom. The highest BCUT2D eigenvalue weighted by Crippen LogP contribution is 2.26. The monoisotopic (exact) mass is 347 g/mol. The highest BCUT2D eigenvalue weighted by atomic mass is 35.5. The van der Waals surface area contributed by atoms with Gasteiger partial charge in [-0.25, -0.2) is 8.42 Å². The van der Waals surface area contributed by atoms with Crippen molar-refractivity contribution in [2.45, 2.75) is 12.0 Å². The second-order valence-corrected chi connectivity index (χ2v) is 7.59. The van der Waals surface area contributed by atoms with Gasteiger partial charge < -0.3 is 10.6 Å². The zero-order chi connectivity index (χ0) is 15.6. The molecule has 1 aliphatic rings. The second-order valence-electron chi connectivity index (χ2n) is 5.50. The molecular weight excluding hydrogens is 326 g/mol. The molecule has 0 unspecified atom stereocenters. The molecular formula is C14H22ClN3O3S. The minimum absolute atomic E-state index is 0. The Labute approximate surface area is 137 Å². The molecule has 8 heteroatoms. The second kappa shape index (κ2) is 7.41. The van der Waals surface area contributed by atoms with E-state index in [1.54, 1.807) is 4.90 Å². The number of sulfonamides is 1. The van der Waals surface area contributed by atoms with E-state index in [9.17, 15) is 13.2 Å². The van der Waals surface area contributed by atoms with Gasteiger partial charge in [0.2, 0.25) is 15.9 Å². The number of carbonyl (C=O) groups is 1.